The third kappa shape index (κ3) is 6.79. The minimum Gasteiger partial charge on any atom is -0.379 e. The van der Waals surface area contributed by atoms with E-state index < -0.39 is 81.2 Å². The molecule has 1 atom stereocenters. The van der Waals surface area contributed by atoms with Gasteiger partial charge >= 0.3 is 16.4 Å². The molecule has 0 heterocycles. The molecule has 0 fully saturated rings. The van der Waals surface area contributed by atoms with Gasteiger partial charge < -0.3 is 10.4 Å². The fourth-order valence-corrected chi connectivity index (χ4v) is 5.06. The topological polar surface area (TPSA) is 127 Å². The molecule has 18 heteroatoms. The first-order valence-electron chi connectivity index (χ1n) is 8.80. The Morgan fingerprint density at radius 1 is 1.09 bits per heavy atom. The molecule has 35 heavy (non-hydrogen) atoms. The van der Waals surface area contributed by atoms with E-state index in [1.807, 2.05) is 0 Å². The number of sulfone groups is 1. The Labute approximate surface area is 191 Å². The smallest absolute Gasteiger partial charge is 0.379 e. The molecule has 196 valence electrons. The third-order valence-corrected chi connectivity index (χ3v) is 7.40. The molecule has 0 saturated carbocycles. The fraction of sp³-hybridized carbons (Fsp3) is 0.235. The number of carbonyl (C=O) groups excluding carboxylic acids is 1. The Morgan fingerprint density at radius 3 is 2.14 bits per heavy atom. The van der Waals surface area contributed by atoms with Gasteiger partial charge in [-0.1, -0.05) is 25.5 Å². The molecule has 2 N–H and O–H groups in total. The van der Waals surface area contributed by atoms with Crippen molar-refractivity contribution in [3.63, 3.8) is 0 Å². The van der Waals surface area contributed by atoms with Crippen LogP contribution in [0.5, 0.6) is 0 Å². The Kier molecular flexibility index (Phi) is 6.26. The summed E-state index contributed by atoms with van der Waals surface area (Å²) in [5, 5.41) is 22.5. The van der Waals surface area contributed by atoms with Crippen LogP contribution in [0.2, 0.25) is 0 Å². The van der Waals surface area contributed by atoms with E-state index in [4.69, 9.17) is 0 Å². The van der Waals surface area contributed by atoms with Crippen LogP contribution in [0.25, 0.3) is 0 Å². The molecular weight excluding hydrogens is 544 g/mol. The van der Waals surface area contributed by atoms with Crippen molar-refractivity contribution in [2.45, 2.75) is 28.5 Å². The molecule has 8 nitrogen and oxygen atoms in total. The number of rotatable bonds is 7. The predicted octanol–water partition coefficient (Wildman–Crippen LogP) is 5.43. The molecule has 0 radical (unpaired) electrons. The molecule has 0 saturated heterocycles. The number of nitrogens with zero attached hydrogens (tertiary/aromatic N) is 1. The molecule has 2 rings (SSSR count). The van der Waals surface area contributed by atoms with Crippen molar-refractivity contribution in [1.29, 1.82) is 0 Å². The Hall–Kier alpha value is -2.99. The number of carbonyl (C=O) groups is 1. The van der Waals surface area contributed by atoms with Crippen LogP contribution in [0, 0.1) is 10.1 Å². The summed E-state index contributed by atoms with van der Waals surface area (Å²) in [5.41, 5.74) is -6.92. The monoisotopic (exact) mass is 558 g/mol. The first kappa shape index (κ1) is 28.2. The van der Waals surface area contributed by atoms with Crippen molar-refractivity contribution < 1.29 is 55.8 Å². The highest BCUT2D eigenvalue weighted by Crippen LogP contribution is 3.02. The van der Waals surface area contributed by atoms with Gasteiger partial charge in [0, 0.05) is 12.1 Å². The lowest BCUT2D eigenvalue weighted by molar-refractivity contribution is -0.385. The van der Waals surface area contributed by atoms with Gasteiger partial charge in [0.25, 0.3) is 11.6 Å². The second-order valence-electron chi connectivity index (χ2n) is 7.42. The predicted molar refractivity (Wildman–Crippen MR) is 107 cm³/mol. The highest BCUT2D eigenvalue weighted by atomic mass is 32.5. The zero-order chi connectivity index (χ0) is 27.3. The van der Waals surface area contributed by atoms with Gasteiger partial charge in [0.1, 0.15) is 4.90 Å². The largest absolute Gasteiger partial charge is 0.418 e. The molecule has 1 amide bonds. The molecule has 2 aromatic carbocycles. The summed E-state index contributed by atoms with van der Waals surface area (Å²) in [6.07, 6.45) is -5.24. The number of halogens is 8. The van der Waals surface area contributed by atoms with Crippen LogP contribution in [-0.4, -0.2) is 35.7 Å². The number of non-ortho nitro benzene ring substituents is 1. The number of benzene rings is 2. The number of hydrogen-bond donors (Lipinski definition) is 2. The van der Waals surface area contributed by atoms with Gasteiger partial charge in [0.05, 0.1) is 26.8 Å². The maximum absolute atomic E-state index is 13.2. The van der Waals surface area contributed by atoms with Crippen LogP contribution in [0.4, 0.5) is 44.0 Å². The van der Waals surface area contributed by atoms with Crippen LogP contribution < -0.4 is 5.32 Å². The van der Waals surface area contributed by atoms with E-state index in [0.717, 1.165) is 0 Å². The third-order valence-electron chi connectivity index (χ3n) is 4.34. The quantitative estimate of drug-likeness (QED) is 0.265. The fourth-order valence-electron chi connectivity index (χ4n) is 2.67. The van der Waals surface area contributed by atoms with Gasteiger partial charge in [-0.05, 0) is 31.2 Å². The first-order valence-corrected chi connectivity index (χ1v) is 12.4. The number of hydrogen-bond acceptors (Lipinski definition) is 6. The number of amides is 1. The molecular formula is C17H14F8N2O6S2. The minimum absolute atomic E-state index is 0.0621. The van der Waals surface area contributed by atoms with Gasteiger partial charge in [-0.25, -0.2) is 8.42 Å². The lowest BCUT2D eigenvalue weighted by Crippen LogP contribution is -2.46. The molecule has 0 aliphatic rings. The number of nitro groups is 1. The summed E-state index contributed by atoms with van der Waals surface area (Å²) < 4.78 is 130. The standard InChI is InChI=1S/C17H14F8N2O6S2/c1-16(29,9-34(32,33)11-3-2-4-12(8-11)35(21,22,23,24)25)15(28)26-14-6-5-10(27(30)31)7-13(14)17(18,19)20/h2-8,29H,9H2,1H3,(H,26,28). The molecule has 0 aliphatic carbocycles. The van der Waals surface area contributed by atoms with E-state index in [0.29, 0.717) is 31.2 Å². The van der Waals surface area contributed by atoms with E-state index in [2.05, 4.69) is 0 Å². The highest BCUT2D eigenvalue weighted by molar-refractivity contribution is 8.45. The Balaban J connectivity index is 2.40. The van der Waals surface area contributed by atoms with E-state index in [1.165, 1.54) is 0 Å². The van der Waals surface area contributed by atoms with E-state index in [-0.39, 0.29) is 12.1 Å². The first-order chi connectivity index (χ1) is 15.3. The lowest BCUT2D eigenvalue weighted by Gasteiger charge is -2.40. The van der Waals surface area contributed by atoms with Crippen LogP contribution in [0.1, 0.15) is 12.5 Å². The SMILES string of the molecule is CC(O)(CS(=O)(=O)c1cccc(S(F)(F)(F)(F)F)c1)C(=O)Nc1ccc([N+](=O)[O-])cc1C(F)(F)F. The number of nitro benzene ring substituents is 1. The van der Waals surface area contributed by atoms with Crippen molar-refractivity contribution in [2.24, 2.45) is 0 Å². The van der Waals surface area contributed by atoms with Gasteiger partial charge in [-0.3, -0.25) is 14.9 Å². The molecule has 0 spiro atoms. The number of alkyl halides is 3. The van der Waals surface area contributed by atoms with Crippen molar-refractivity contribution >= 4 is 37.3 Å². The normalized spacial score (nSPS) is 16.5. The maximum atomic E-state index is 13.2. The highest BCUT2D eigenvalue weighted by Gasteiger charge is 2.65. The number of nitrogens with one attached hydrogen (secondary N) is 1. The summed E-state index contributed by atoms with van der Waals surface area (Å²) in [6, 6.07) is 1.44. The van der Waals surface area contributed by atoms with E-state index in [1.54, 1.807) is 5.32 Å². The van der Waals surface area contributed by atoms with Crippen LogP contribution in [0.3, 0.4) is 0 Å². The van der Waals surface area contributed by atoms with Gasteiger partial charge in [0.15, 0.2) is 15.4 Å². The molecule has 2 aromatic rings. The summed E-state index contributed by atoms with van der Waals surface area (Å²) in [7, 11) is -15.4. The zero-order valence-corrected chi connectivity index (χ0v) is 18.7. The maximum Gasteiger partial charge on any atom is 0.418 e. The molecule has 0 bridgehead atoms. The average Bonchev–Trinajstić information content (AvgIpc) is 2.64. The molecule has 0 aliphatic heterocycles. The molecule has 1 unspecified atom stereocenters. The summed E-state index contributed by atoms with van der Waals surface area (Å²) >= 11 is 0. The molecule has 0 aromatic heterocycles. The second-order valence-corrected chi connectivity index (χ2v) is 11.8. The summed E-state index contributed by atoms with van der Waals surface area (Å²) in [5.74, 6) is -3.51. The minimum atomic E-state index is -10.3. The zero-order valence-electron chi connectivity index (χ0n) is 17.0. The van der Waals surface area contributed by atoms with Crippen molar-refractivity contribution in [1.82, 2.24) is 0 Å². The Bertz CT molecular complexity index is 1310. The van der Waals surface area contributed by atoms with E-state index >= 15 is 0 Å². The Morgan fingerprint density at radius 2 is 1.66 bits per heavy atom. The van der Waals surface area contributed by atoms with Gasteiger partial charge in [-0.15, -0.1) is 0 Å². The number of aliphatic hydroxyl groups is 1. The second kappa shape index (κ2) is 7.76. The lowest BCUT2D eigenvalue weighted by atomic mass is 10.1. The van der Waals surface area contributed by atoms with Crippen molar-refractivity contribution in [3.8, 4) is 0 Å². The number of anilines is 1. The van der Waals surface area contributed by atoms with Crippen molar-refractivity contribution in [3.05, 3.63) is 58.1 Å². The van der Waals surface area contributed by atoms with Crippen molar-refractivity contribution in [2.75, 3.05) is 11.1 Å². The van der Waals surface area contributed by atoms with Crippen LogP contribution in [0.15, 0.2) is 52.3 Å². The van der Waals surface area contributed by atoms with Gasteiger partial charge in [0.2, 0.25) is 0 Å². The summed E-state index contributed by atoms with van der Waals surface area (Å²) in [6.45, 7) is 0.493. The average molecular weight is 558 g/mol. The summed E-state index contributed by atoms with van der Waals surface area (Å²) in [4.78, 5) is 18.0. The van der Waals surface area contributed by atoms with E-state index in [9.17, 15) is 61.0 Å². The van der Waals surface area contributed by atoms with Crippen LogP contribution >= 0.6 is 10.2 Å². The van der Waals surface area contributed by atoms with Gasteiger partial charge in [-0.2, -0.15) is 13.2 Å². The van der Waals surface area contributed by atoms with Crippen LogP contribution in [-0.2, 0) is 20.8 Å².